The van der Waals surface area contributed by atoms with Crippen molar-refractivity contribution < 1.29 is 17.6 Å². The standard InChI is InChI=1S/C23H31FN2O3S/c1-6-16(4)17-7-9-18(10-8-17)23(15(2)3)25-14-22(27)26-21-13-19(30(5,28)29)11-12-20(21)24/h7-13,15-16,23,25H,6,14H2,1-5H3,(H,26,27)/t16-,23+/m0/s1. The predicted molar refractivity (Wildman–Crippen MR) is 119 cm³/mol. The number of anilines is 1. The SMILES string of the molecule is CC[C@H](C)c1ccc([C@H](NCC(=O)Nc2cc(S(C)(=O)=O)ccc2F)C(C)C)cc1. The number of carbonyl (C=O) groups is 1. The molecule has 0 bridgehead atoms. The lowest BCUT2D eigenvalue weighted by molar-refractivity contribution is -0.115. The van der Waals surface area contributed by atoms with Crippen LogP contribution >= 0.6 is 0 Å². The Morgan fingerprint density at radius 3 is 2.17 bits per heavy atom. The van der Waals surface area contributed by atoms with Crippen LogP contribution < -0.4 is 10.6 Å². The first kappa shape index (κ1) is 24.0. The molecule has 0 aromatic heterocycles. The van der Waals surface area contributed by atoms with Crippen LogP contribution in [0, 0.1) is 11.7 Å². The summed E-state index contributed by atoms with van der Waals surface area (Å²) in [5.41, 5.74) is 2.21. The normalized spacial score (nSPS) is 13.8. The molecule has 7 heteroatoms. The summed E-state index contributed by atoms with van der Waals surface area (Å²) < 4.78 is 37.3. The van der Waals surface area contributed by atoms with E-state index >= 15 is 0 Å². The van der Waals surface area contributed by atoms with Crippen LogP contribution in [0.4, 0.5) is 10.1 Å². The van der Waals surface area contributed by atoms with Crippen LogP contribution in [0.3, 0.4) is 0 Å². The lowest BCUT2D eigenvalue weighted by Crippen LogP contribution is -2.33. The van der Waals surface area contributed by atoms with Crippen molar-refractivity contribution in [2.45, 2.75) is 51.0 Å². The predicted octanol–water partition coefficient (Wildman–Crippen LogP) is 4.67. The van der Waals surface area contributed by atoms with E-state index in [0.29, 0.717) is 5.92 Å². The number of benzene rings is 2. The molecule has 30 heavy (non-hydrogen) atoms. The van der Waals surface area contributed by atoms with Gasteiger partial charge in [-0.3, -0.25) is 4.79 Å². The van der Waals surface area contributed by atoms with Crippen molar-refractivity contribution in [3.05, 3.63) is 59.4 Å². The summed E-state index contributed by atoms with van der Waals surface area (Å²) in [6, 6.07) is 11.7. The van der Waals surface area contributed by atoms with Crippen molar-refractivity contribution in [1.29, 1.82) is 0 Å². The number of amides is 1. The van der Waals surface area contributed by atoms with E-state index in [2.05, 4.69) is 62.6 Å². The fraction of sp³-hybridized carbons (Fsp3) is 0.435. The highest BCUT2D eigenvalue weighted by Gasteiger charge is 2.18. The molecular weight excluding hydrogens is 403 g/mol. The van der Waals surface area contributed by atoms with Crippen molar-refractivity contribution in [2.75, 3.05) is 18.1 Å². The lowest BCUT2D eigenvalue weighted by atomic mass is 9.92. The average Bonchev–Trinajstić information content (AvgIpc) is 2.68. The number of rotatable bonds is 9. The molecule has 0 spiro atoms. The monoisotopic (exact) mass is 434 g/mol. The van der Waals surface area contributed by atoms with Gasteiger partial charge in [-0.05, 0) is 47.6 Å². The zero-order valence-electron chi connectivity index (χ0n) is 18.2. The molecule has 2 atom stereocenters. The Bertz CT molecular complexity index is 972. The van der Waals surface area contributed by atoms with Crippen LogP contribution in [-0.2, 0) is 14.6 Å². The fourth-order valence-electron chi connectivity index (χ4n) is 3.23. The lowest BCUT2D eigenvalue weighted by Gasteiger charge is -2.23. The third kappa shape index (κ3) is 6.37. The Labute approximate surface area is 179 Å². The van der Waals surface area contributed by atoms with Crippen LogP contribution in [0.15, 0.2) is 47.4 Å². The molecule has 0 aliphatic heterocycles. The molecule has 164 valence electrons. The smallest absolute Gasteiger partial charge is 0.238 e. The number of halogens is 1. The van der Waals surface area contributed by atoms with E-state index in [4.69, 9.17) is 0 Å². The molecule has 0 fully saturated rings. The largest absolute Gasteiger partial charge is 0.322 e. The van der Waals surface area contributed by atoms with Gasteiger partial charge in [0.25, 0.3) is 0 Å². The Morgan fingerprint density at radius 2 is 1.63 bits per heavy atom. The van der Waals surface area contributed by atoms with Crippen molar-refractivity contribution in [3.63, 3.8) is 0 Å². The van der Waals surface area contributed by atoms with E-state index in [1.165, 1.54) is 11.6 Å². The van der Waals surface area contributed by atoms with Gasteiger partial charge in [-0.1, -0.05) is 52.0 Å². The first-order chi connectivity index (χ1) is 14.0. The maximum atomic E-state index is 14.0. The van der Waals surface area contributed by atoms with Gasteiger partial charge in [0.2, 0.25) is 5.91 Å². The summed E-state index contributed by atoms with van der Waals surface area (Å²) in [7, 11) is -3.50. The maximum Gasteiger partial charge on any atom is 0.238 e. The number of hydrogen-bond donors (Lipinski definition) is 2. The molecule has 0 saturated carbocycles. The van der Waals surface area contributed by atoms with E-state index in [1.807, 2.05) is 0 Å². The van der Waals surface area contributed by atoms with Crippen LogP contribution in [0.25, 0.3) is 0 Å². The summed E-state index contributed by atoms with van der Waals surface area (Å²) in [6.07, 6.45) is 2.11. The minimum Gasteiger partial charge on any atom is -0.322 e. The zero-order valence-corrected chi connectivity index (χ0v) is 19.0. The third-order valence-electron chi connectivity index (χ3n) is 5.27. The van der Waals surface area contributed by atoms with Gasteiger partial charge in [0.05, 0.1) is 17.1 Å². The molecule has 0 heterocycles. The van der Waals surface area contributed by atoms with Gasteiger partial charge in [-0.15, -0.1) is 0 Å². The van der Waals surface area contributed by atoms with E-state index in [9.17, 15) is 17.6 Å². The summed E-state index contributed by atoms with van der Waals surface area (Å²) in [5.74, 6) is -0.399. The zero-order chi connectivity index (χ0) is 22.5. The molecule has 2 rings (SSSR count). The minimum atomic E-state index is -3.50. The van der Waals surface area contributed by atoms with Gasteiger partial charge in [0.1, 0.15) is 5.82 Å². The van der Waals surface area contributed by atoms with Gasteiger partial charge >= 0.3 is 0 Å². The molecule has 0 radical (unpaired) electrons. The van der Waals surface area contributed by atoms with Crippen LogP contribution in [-0.4, -0.2) is 27.1 Å². The molecule has 0 saturated heterocycles. The minimum absolute atomic E-state index is 0.0293. The van der Waals surface area contributed by atoms with E-state index in [1.54, 1.807) is 0 Å². The van der Waals surface area contributed by atoms with Crippen LogP contribution in [0.1, 0.15) is 57.2 Å². The van der Waals surface area contributed by atoms with Gasteiger partial charge in [0.15, 0.2) is 9.84 Å². The fourth-order valence-corrected chi connectivity index (χ4v) is 3.88. The highest BCUT2D eigenvalue weighted by Crippen LogP contribution is 2.25. The Balaban J connectivity index is 2.07. The molecule has 2 aromatic carbocycles. The summed E-state index contributed by atoms with van der Waals surface area (Å²) in [4.78, 5) is 12.3. The topological polar surface area (TPSA) is 75.3 Å². The number of sulfone groups is 1. The van der Waals surface area contributed by atoms with Gasteiger partial charge < -0.3 is 10.6 Å². The molecule has 1 amide bonds. The molecule has 2 N–H and O–H groups in total. The van der Waals surface area contributed by atoms with Crippen LogP contribution in [0.2, 0.25) is 0 Å². The Hall–Kier alpha value is -2.25. The molecular formula is C23H31FN2O3S. The third-order valence-corrected chi connectivity index (χ3v) is 6.38. The van der Waals surface area contributed by atoms with Crippen molar-refractivity contribution in [1.82, 2.24) is 5.32 Å². The van der Waals surface area contributed by atoms with Crippen molar-refractivity contribution in [3.8, 4) is 0 Å². The van der Waals surface area contributed by atoms with E-state index in [0.717, 1.165) is 30.4 Å². The second kappa shape index (κ2) is 10.2. The summed E-state index contributed by atoms with van der Waals surface area (Å²) in [5, 5.41) is 5.69. The maximum absolute atomic E-state index is 14.0. The number of nitrogens with one attached hydrogen (secondary N) is 2. The van der Waals surface area contributed by atoms with Gasteiger partial charge in [-0.25, -0.2) is 12.8 Å². The number of carbonyl (C=O) groups excluding carboxylic acids is 1. The second-order valence-electron chi connectivity index (χ2n) is 8.04. The molecule has 0 aliphatic carbocycles. The first-order valence-electron chi connectivity index (χ1n) is 10.2. The Kier molecular flexibility index (Phi) is 8.15. The molecule has 0 aliphatic rings. The molecule has 5 nitrogen and oxygen atoms in total. The van der Waals surface area contributed by atoms with Crippen LogP contribution in [0.5, 0.6) is 0 Å². The summed E-state index contributed by atoms with van der Waals surface area (Å²) in [6.45, 7) is 8.44. The quantitative estimate of drug-likeness (QED) is 0.563. The van der Waals surface area contributed by atoms with Crippen molar-refractivity contribution >= 4 is 21.4 Å². The molecule has 0 unspecified atom stereocenters. The first-order valence-corrected chi connectivity index (χ1v) is 12.0. The second-order valence-corrected chi connectivity index (χ2v) is 10.1. The van der Waals surface area contributed by atoms with Gasteiger partial charge in [-0.2, -0.15) is 0 Å². The average molecular weight is 435 g/mol. The highest BCUT2D eigenvalue weighted by atomic mass is 32.2. The summed E-state index contributed by atoms with van der Waals surface area (Å²) >= 11 is 0. The van der Waals surface area contributed by atoms with Gasteiger partial charge in [0, 0.05) is 12.3 Å². The number of hydrogen-bond acceptors (Lipinski definition) is 4. The van der Waals surface area contributed by atoms with E-state index < -0.39 is 21.6 Å². The Morgan fingerprint density at radius 1 is 1.03 bits per heavy atom. The van der Waals surface area contributed by atoms with Crippen molar-refractivity contribution in [2.24, 2.45) is 5.92 Å². The van der Waals surface area contributed by atoms with E-state index in [-0.39, 0.29) is 29.1 Å². The highest BCUT2D eigenvalue weighted by molar-refractivity contribution is 7.90. The molecule has 2 aromatic rings.